The molecular weight excluding hydrogens is 260 g/mol. The number of carbonyl (C=O) groups is 4. The average molecular weight is 284 g/mol. The van der Waals surface area contributed by atoms with Gasteiger partial charge in [-0.25, -0.2) is 0 Å². The fourth-order valence-corrected chi connectivity index (χ4v) is 1.23. The molecule has 6 nitrogen and oxygen atoms in total. The van der Waals surface area contributed by atoms with Crippen LogP contribution in [0.5, 0.6) is 0 Å². The molecule has 0 heterocycles. The maximum Gasteiger partial charge on any atom is 0.242 e. The minimum atomic E-state index is -0.501. The van der Waals surface area contributed by atoms with Crippen LogP contribution in [-0.2, 0) is 19.2 Å². The summed E-state index contributed by atoms with van der Waals surface area (Å²) in [5.41, 5.74) is -0.501. The summed E-state index contributed by atoms with van der Waals surface area (Å²) in [4.78, 5) is 46.9. The number of carbonyl (C=O) groups excluding carboxylic acids is 4. The zero-order valence-electron chi connectivity index (χ0n) is 12.9. The number of hydrogen-bond acceptors (Lipinski definition) is 4. The Morgan fingerprint density at radius 3 is 2.05 bits per heavy atom. The molecule has 0 fully saturated rings. The van der Waals surface area contributed by atoms with Gasteiger partial charge in [0.15, 0.2) is 5.78 Å². The van der Waals surface area contributed by atoms with Crippen LogP contribution in [0, 0.1) is 5.41 Å². The smallest absolute Gasteiger partial charge is 0.242 e. The third-order valence-corrected chi connectivity index (χ3v) is 2.78. The largest absolute Gasteiger partial charge is 0.347 e. The van der Waals surface area contributed by atoms with Gasteiger partial charge in [0.2, 0.25) is 11.8 Å². The first kappa shape index (κ1) is 18.3. The highest BCUT2D eigenvalue weighted by molar-refractivity contribution is 5.91. The molecule has 0 saturated carbocycles. The van der Waals surface area contributed by atoms with E-state index >= 15 is 0 Å². The van der Waals surface area contributed by atoms with Crippen LogP contribution in [0.15, 0.2) is 0 Å². The summed E-state index contributed by atoms with van der Waals surface area (Å²) in [6.07, 6.45) is 0.242. The van der Waals surface area contributed by atoms with E-state index in [4.69, 9.17) is 0 Å². The number of amides is 2. The molecule has 0 radical (unpaired) electrons. The van der Waals surface area contributed by atoms with Crippen LogP contribution in [0.25, 0.3) is 0 Å². The lowest BCUT2D eigenvalue weighted by atomic mass is 9.90. The van der Waals surface area contributed by atoms with Crippen molar-refractivity contribution in [1.29, 1.82) is 0 Å². The number of nitrogens with zero attached hydrogens (tertiary/aromatic N) is 1. The quantitative estimate of drug-likeness (QED) is 0.740. The lowest BCUT2D eigenvalue weighted by Gasteiger charge is -2.22. The zero-order chi connectivity index (χ0) is 15.9. The van der Waals surface area contributed by atoms with Gasteiger partial charge in [0.1, 0.15) is 5.78 Å². The second kappa shape index (κ2) is 7.77. The monoisotopic (exact) mass is 284 g/mol. The number of hydrogen-bond donors (Lipinski definition) is 1. The Morgan fingerprint density at radius 1 is 1.05 bits per heavy atom. The maximum atomic E-state index is 11.8. The highest BCUT2D eigenvalue weighted by atomic mass is 16.2. The Balaban J connectivity index is 4.12. The van der Waals surface area contributed by atoms with Gasteiger partial charge in [0.25, 0.3) is 0 Å². The second-order valence-electron chi connectivity index (χ2n) is 5.90. The number of ketones is 2. The molecule has 0 spiro atoms. The van der Waals surface area contributed by atoms with E-state index in [9.17, 15) is 19.2 Å². The Labute approximate surface area is 119 Å². The third-order valence-electron chi connectivity index (χ3n) is 2.78. The van der Waals surface area contributed by atoms with E-state index < -0.39 is 5.41 Å². The predicted octanol–water partition coefficient (Wildman–Crippen LogP) is 0.545. The van der Waals surface area contributed by atoms with Crippen LogP contribution in [-0.4, -0.2) is 48.4 Å². The van der Waals surface area contributed by atoms with E-state index in [1.165, 1.54) is 18.9 Å². The van der Waals surface area contributed by atoms with Crippen LogP contribution < -0.4 is 5.32 Å². The molecule has 0 aliphatic carbocycles. The van der Waals surface area contributed by atoms with Crippen molar-refractivity contribution in [1.82, 2.24) is 10.2 Å². The minimum absolute atomic E-state index is 0.0195. The van der Waals surface area contributed by atoms with E-state index in [1.54, 1.807) is 20.8 Å². The standard InChI is InChI=1S/C14H24N2O4/c1-10(17)6-7-12(19)15-8-13(20)16(5)9-11(18)14(2,3)4/h6-9H2,1-5H3,(H,15,19). The van der Waals surface area contributed by atoms with Crippen molar-refractivity contribution in [2.24, 2.45) is 5.41 Å². The molecule has 0 bridgehead atoms. The Bertz CT molecular complexity index is 396. The van der Waals surface area contributed by atoms with Crippen molar-refractivity contribution in [2.75, 3.05) is 20.1 Å². The lowest BCUT2D eigenvalue weighted by Crippen LogP contribution is -2.42. The number of nitrogens with one attached hydrogen (secondary N) is 1. The van der Waals surface area contributed by atoms with Crippen LogP contribution >= 0.6 is 0 Å². The van der Waals surface area contributed by atoms with E-state index in [0.29, 0.717) is 0 Å². The number of rotatable bonds is 7. The molecule has 0 aliphatic heterocycles. The van der Waals surface area contributed by atoms with Gasteiger partial charge >= 0.3 is 0 Å². The lowest BCUT2D eigenvalue weighted by molar-refractivity contribution is -0.137. The summed E-state index contributed by atoms with van der Waals surface area (Å²) in [5.74, 6) is -0.793. The van der Waals surface area contributed by atoms with Gasteiger partial charge in [-0.2, -0.15) is 0 Å². The van der Waals surface area contributed by atoms with Crippen LogP contribution in [0.1, 0.15) is 40.5 Å². The summed E-state index contributed by atoms with van der Waals surface area (Å²) < 4.78 is 0. The molecule has 114 valence electrons. The SMILES string of the molecule is CC(=O)CCC(=O)NCC(=O)N(C)CC(=O)C(C)(C)C. The normalized spacial score (nSPS) is 10.8. The fourth-order valence-electron chi connectivity index (χ4n) is 1.23. The molecule has 0 aliphatic rings. The molecule has 20 heavy (non-hydrogen) atoms. The van der Waals surface area contributed by atoms with Crippen molar-refractivity contribution < 1.29 is 19.2 Å². The first-order chi connectivity index (χ1) is 9.04. The predicted molar refractivity (Wildman–Crippen MR) is 75.0 cm³/mol. The molecular formula is C14H24N2O4. The topological polar surface area (TPSA) is 83.6 Å². The number of Topliss-reactive ketones (excluding diaryl/α,β-unsaturated/α-hetero) is 2. The van der Waals surface area contributed by atoms with Gasteiger partial charge in [-0.1, -0.05) is 20.8 Å². The van der Waals surface area contributed by atoms with Crippen molar-refractivity contribution in [2.45, 2.75) is 40.5 Å². The van der Waals surface area contributed by atoms with E-state index in [2.05, 4.69) is 5.32 Å². The Morgan fingerprint density at radius 2 is 1.60 bits per heavy atom. The highest BCUT2D eigenvalue weighted by Gasteiger charge is 2.24. The van der Waals surface area contributed by atoms with Crippen molar-refractivity contribution >= 4 is 23.4 Å². The summed E-state index contributed by atoms with van der Waals surface area (Å²) in [6, 6.07) is 0. The summed E-state index contributed by atoms with van der Waals surface area (Å²) in [5, 5.41) is 2.44. The van der Waals surface area contributed by atoms with Gasteiger partial charge in [0.05, 0.1) is 13.1 Å². The van der Waals surface area contributed by atoms with E-state index in [0.717, 1.165) is 0 Å². The molecule has 0 aromatic rings. The van der Waals surface area contributed by atoms with E-state index in [-0.39, 0.29) is 49.3 Å². The maximum absolute atomic E-state index is 11.8. The average Bonchev–Trinajstić information content (AvgIpc) is 2.31. The van der Waals surface area contributed by atoms with Gasteiger partial charge < -0.3 is 15.0 Å². The number of likely N-dealkylation sites (N-methyl/N-ethyl adjacent to an activating group) is 1. The zero-order valence-corrected chi connectivity index (χ0v) is 12.9. The molecule has 0 atom stereocenters. The summed E-state index contributed by atoms with van der Waals surface area (Å²) in [7, 11) is 1.52. The van der Waals surface area contributed by atoms with Crippen molar-refractivity contribution in [3.8, 4) is 0 Å². The van der Waals surface area contributed by atoms with Crippen LogP contribution in [0.4, 0.5) is 0 Å². The van der Waals surface area contributed by atoms with Crippen LogP contribution in [0.3, 0.4) is 0 Å². The second-order valence-corrected chi connectivity index (χ2v) is 5.90. The highest BCUT2D eigenvalue weighted by Crippen LogP contribution is 2.14. The van der Waals surface area contributed by atoms with Crippen molar-refractivity contribution in [3.05, 3.63) is 0 Å². The van der Waals surface area contributed by atoms with Crippen LogP contribution in [0.2, 0.25) is 0 Å². The minimum Gasteiger partial charge on any atom is -0.347 e. The fraction of sp³-hybridized carbons (Fsp3) is 0.714. The van der Waals surface area contributed by atoms with Gasteiger partial charge in [0, 0.05) is 25.3 Å². The molecule has 6 heteroatoms. The van der Waals surface area contributed by atoms with Gasteiger partial charge in [-0.05, 0) is 6.92 Å². The van der Waals surface area contributed by atoms with E-state index in [1.807, 2.05) is 0 Å². The summed E-state index contributed by atoms with van der Waals surface area (Å²) >= 11 is 0. The molecule has 1 N–H and O–H groups in total. The van der Waals surface area contributed by atoms with Gasteiger partial charge in [-0.15, -0.1) is 0 Å². The molecule has 0 rings (SSSR count). The first-order valence-corrected chi connectivity index (χ1v) is 6.57. The summed E-state index contributed by atoms with van der Waals surface area (Å²) in [6.45, 7) is 6.63. The van der Waals surface area contributed by atoms with Crippen molar-refractivity contribution in [3.63, 3.8) is 0 Å². The Hall–Kier alpha value is -1.72. The van der Waals surface area contributed by atoms with Gasteiger partial charge in [-0.3, -0.25) is 14.4 Å². The first-order valence-electron chi connectivity index (χ1n) is 6.57. The molecule has 0 unspecified atom stereocenters. The molecule has 0 saturated heterocycles. The molecule has 0 aromatic carbocycles. The third kappa shape index (κ3) is 7.66. The Kier molecular flexibility index (Phi) is 7.10. The molecule has 0 aromatic heterocycles. The molecule has 2 amide bonds.